The van der Waals surface area contributed by atoms with E-state index in [1.807, 2.05) is 24.4 Å². The predicted octanol–water partition coefficient (Wildman–Crippen LogP) is 2.39. The maximum Gasteiger partial charge on any atom is 0.227 e. The van der Waals surface area contributed by atoms with Crippen LogP contribution in [0.1, 0.15) is 0 Å². The predicted molar refractivity (Wildman–Crippen MR) is 63.7 cm³/mol. The quantitative estimate of drug-likeness (QED) is 0.561. The van der Waals surface area contributed by atoms with E-state index in [1.54, 1.807) is 12.1 Å². The number of hydrogen-bond donors (Lipinski definition) is 2. The molecule has 0 aliphatic carbocycles. The van der Waals surface area contributed by atoms with E-state index < -0.39 is 0 Å². The highest BCUT2D eigenvalue weighted by Crippen LogP contribution is 2.23. The Morgan fingerprint density at radius 3 is 2.62 bits per heavy atom. The maximum atomic E-state index is 11.7. The number of H-pyrrole nitrogens is 1. The van der Waals surface area contributed by atoms with E-state index in [4.69, 9.17) is 0 Å². The second kappa shape index (κ2) is 3.10. The van der Waals surface area contributed by atoms with Crippen LogP contribution in [0.25, 0.3) is 21.7 Å². The number of aromatic hydroxyl groups is 1. The molecule has 3 rings (SSSR count). The first-order valence-corrected chi connectivity index (χ1v) is 4.99. The summed E-state index contributed by atoms with van der Waals surface area (Å²) < 4.78 is 0. The van der Waals surface area contributed by atoms with Crippen LogP contribution in [-0.4, -0.2) is 10.1 Å². The molecule has 0 saturated heterocycles. The lowest BCUT2D eigenvalue weighted by atomic mass is 10.0. The van der Waals surface area contributed by atoms with Crippen LogP contribution < -0.4 is 5.43 Å². The Labute approximate surface area is 91.0 Å². The Balaban J connectivity index is 2.63. The first-order valence-electron chi connectivity index (χ1n) is 4.99. The summed E-state index contributed by atoms with van der Waals surface area (Å²) in [5.74, 6) is -0.202. The van der Waals surface area contributed by atoms with Gasteiger partial charge in [-0.15, -0.1) is 0 Å². The van der Waals surface area contributed by atoms with Crippen molar-refractivity contribution in [1.29, 1.82) is 0 Å². The molecule has 0 aliphatic rings. The number of nitrogens with one attached hydrogen (secondary N) is 1. The molecule has 1 heterocycles. The largest absolute Gasteiger partial charge is 0.504 e. The van der Waals surface area contributed by atoms with Crippen LogP contribution in [0.4, 0.5) is 0 Å². The number of phenols is 1. The number of pyridine rings is 1. The average Bonchev–Trinajstić information content (AvgIpc) is 2.33. The summed E-state index contributed by atoms with van der Waals surface area (Å²) in [6, 6.07) is 10.6. The van der Waals surface area contributed by atoms with E-state index in [9.17, 15) is 9.90 Å². The zero-order valence-corrected chi connectivity index (χ0v) is 8.40. The first-order chi connectivity index (χ1) is 7.77. The summed E-state index contributed by atoms with van der Waals surface area (Å²) in [7, 11) is 0. The van der Waals surface area contributed by atoms with Gasteiger partial charge in [0.25, 0.3) is 0 Å². The van der Waals surface area contributed by atoms with Crippen molar-refractivity contribution in [3.63, 3.8) is 0 Å². The summed E-state index contributed by atoms with van der Waals surface area (Å²) in [6.07, 6.45) is 1.84. The number of phenolic OH excluding ortho intramolecular Hbond substituents is 1. The van der Waals surface area contributed by atoms with Crippen molar-refractivity contribution in [2.75, 3.05) is 0 Å². The Morgan fingerprint density at radius 2 is 1.75 bits per heavy atom. The Kier molecular flexibility index (Phi) is 1.74. The lowest BCUT2D eigenvalue weighted by molar-refractivity contribution is 0.471. The van der Waals surface area contributed by atoms with E-state index in [1.165, 1.54) is 6.07 Å². The standard InChI is InChI=1S/C13H9NO2/c15-12-6-4-8-9-2-1-7-14-11(9)5-3-10(8)13(12)16/h1-7,14-15H. The van der Waals surface area contributed by atoms with Gasteiger partial charge in [-0.2, -0.15) is 0 Å². The molecule has 0 aliphatic heterocycles. The van der Waals surface area contributed by atoms with Gasteiger partial charge < -0.3 is 10.1 Å². The Bertz CT molecular complexity index is 744. The van der Waals surface area contributed by atoms with E-state index in [-0.39, 0.29) is 11.2 Å². The van der Waals surface area contributed by atoms with Crippen molar-refractivity contribution in [3.05, 3.63) is 52.8 Å². The SMILES string of the molecule is O=c1c(O)ccc2c1ccc1[nH]cccc12. The fraction of sp³-hybridized carbons (Fsp3) is 0. The smallest absolute Gasteiger partial charge is 0.227 e. The number of aromatic nitrogens is 1. The van der Waals surface area contributed by atoms with Crippen LogP contribution in [0.15, 0.2) is 47.4 Å². The number of benzene rings is 2. The second-order valence-corrected chi connectivity index (χ2v) is 3.71. The topological polar surface area (TPSA) is 53.1 Å². The van der Waals surface area contributed by atoms with Gasteiger partial charge in [-0.1, -0.05) is 6.07 Å². The summed E-state index contributed by atoms with van der Waals surface area (Å²) in [6.45, 7) is 0. The molecule has 2 N–H and O–H groups in total. The number of hydrogen-bond acceptors (Lipinski definition) is 2. The molecule has 0 spiro atoms. The van der Waals surface area contributed by atoms with Gasteiger partial charge in [-0.05, 0) is 35.7 Å². The lowest BCUT2D eigenvalue weighted by Gasteiger charge is -2.03. The summed E-state index contributed by atoms with van der Waals surface area (Å²) in [4.78, 5) is 14.8. The number of rotatable bonds is 0. The minimum Gasteiger partial charge on any atom is -0.504 e. The molecule has 3 aromatic rings. The van der Waals surface area contributed by atoms with Crippen molar-refractivity contribution in [2.24, 2.45) is 0 Å². The third-order valence-electron chi connectivity index (χ3n) is 2.77. The lowest BCUT2D eigenvalue weighted by Crippen LogP contribution is -2.00. The van der Waals surface area contributed by atoms with E-state index >= 15 is 0 Å². The van der Waals surface area contributed by atoms with Crippen molar-refractivity contribution in [1.82, 2.24) is 4.98 Å². The average molecular weight is 211 g/mol. The van der Waals surface area contributed by atoms with E-state index in [2.05, 4.69) is 4.98 Å². The first kappa shape index (κ1) is 8.97. The number of fused-ring (bicyclic) bond motifs is 3. The van der Waals surface area contributed by atoms with Crippen LogP contribution in [0.3, 0.4) is 0 Å². The maximum absolute atomic E-state index is 11.7. The summed E-state index contributed by atoms with van der Waals surface area (Å²) >= 11 is 0. The van der Waals surface area contributed by atoms with Gasteiger partial charge in [0.15, 0.2) is 5.75 Å². The molecule has 78 valence electrons. The molecule has 16 heavy (non-hydrogen) atoms. The van der Waals surface area contributed by atoms with Gasteiger partial charge in [0.05, 0.1) is 0 Å². The third-order valence-corrected chi connectivity index (χ3v) is 2.77. The van der Waals surface area contributed by atoms with E-state index in [0.29, 0.717) is 5.39 Å². The van der Waals surface area contributed by atoms with Crippen LogP contribution in [0, 0.1) is 0 Å². The molecule has 0 amide bonds. The second-order valence-electron chi connectivity index (χ2n) is 3.71. The molecular formula is C13H9NO2. The molecule has 3 heteroatoms. The minimum atomic E-state index is -0.316. The molecule has 1 aromatic heterocycles. The molecule has 0 radical (unpaired) electrons. The molecule has 0 unspecified atom stereocenters. The fourth-order valence-electron chi connectivity index (χ4n) is 1.98. The van der Waals surface area contributed by atoms with Crippen molar-refractivity contribution >= 4 is 21.7 Å². The molecule has 3 nitrogen and oxygen atoms in total. The zero-order chi connectivity index (χ0) is 11.1. The van der Waals surface area contributed by atoms with Gasteiger partial charge in [-0.3, -0.25) is 4.79 Å². The van der Waals surface area contributed by atoms with Crippen LogP contribution in [-0.2, 0) is 0 Å². The van der Waals surface area contributed by atoms with Crippen molar-refractivity contribution in [3.8, 4) is 5.75 Å². The van der Waals surface area contributed by atoms with Crippen molar-refractivity contribution < 1.29 is 5.11 Å². The Hall–Kier alpha value is -2.29. The molecule has 0 bridgehead atoms. The minimum absolute atomic E-state index is 0.202. The Morgan fingerprint density at radius 1 is 0.938 bits per heavy atom. The van der Waals surface area contributed by atoms with E-state index in [0.717, 1.165) is 16.3 Å². The highest BCUT2D eigenvalue weighted by molar-refractivity contribution is 6.06. The molecule has 0 saturated carbocycles. The molecule has 0 fully saturated rings. The van der Waals surface area contributed by atoms with Gasteiger partial charge in [-0.25, -0.2) is 0 Å². The summed E-state index contributed by atoms with van der Waals surface area (Å²) in [5.41, 5.74) is 0.656. The molecule has 0 atom stereocenters. The van der Waals surface area contributed by atoms with Crippen LogP contribution in [0.2, 0.25) is 0 Å². The van der Waals surface area contributed by atoms with Gasteiger partial charge in [0.1, 0.15) is 0 Å². The molecular weight excluding hydrogens is 202 g/mol. The van der Waals surface area contributed by atoms with Crippen molar-refractivity contribution in [2.45, 2.75) is 0 Å². The van der Waals surface area contributed by atoms with Crippen LogP contribution >= 0.6 is 0 Å². The summed E-state index contributed by atoms with van der Waals surface area (Å²) in [5, 5.41) is 11.8. The third kappa shape index (κ3) is 1.11. The monoisotopic (exact) mass is 211 g/mol. The van der Waals surface area contributed by atoms with Gasteiger partial charge in [0, 0.05) is 22.5 Å². The molecule has 2 aromatic carbocycles. The highest BCUT2D eigenvalue weighted by Gasteiger charge is 2.05. The fourth-order valence-corrected chi connectivity index (χ4v) is 1.98. The van der Waals surface area contributed by atoms with Gasteiger partial charge in [0.2, 0.25) is 5.43 Å². The number of aromatic amines is 1. The zero-order valence-electron chi connectivity index (χ0n) is 8.40. The van der Waals surface area contributed by atoms with Crippen LogP contribution in [0.5, 0.6) is 5.75 Å². The highest BCUT2D eigenvalue weighted by atomic mass is 16.3. The normalized spacial score (nSPS) is 11.0. The van der Waals surface area contributed by atoms with Gasteiger partial charge >= 0.3 is 0 Å².